The smallest absolute Gasteiger partial charge is 0.306 e. The normalized spacial score (nSPS) is 15.2. The highest BCUT2D eigenvalue weighted by Crippen LogP contribution is 2.25. The molecule has 3 heterocycles. The summed E-state index contributed by atoms with van der Waals surface area (Å²) in [5.74, 6) is -1.04. The number of piperidine rings is 1. The average Bonchev–Trinajstić information content (AvgIpc) is 3.30. The van der Waals surface area contributed by atoms with Gasteiger partial charge < -0.3 is 10.0 Å². The van der Waals surface area contributed by atoms with Crippen LogP contribution in [0.25, 0.3) is 16.2 Å². The number of carbonyl (C=O) groups is 2. The topological polar surface area (TPSA) is 74.9 Å². The van der Waals surface area contributed by atoms with E-state index in [9.17, 15) is 9.59 Å². The Labute approximate surface area is 167 Å². The van der Waals surface area contributed by atoms with Gasteiger partial charge in [0.1, 0.15) is 0 Å². The number of carboxylic acids is 1. The van der Waals surface area contributed by atoms with Gasteiger partial charge in [0, 0.05) is 35.9 Å². The molecule has 4 rings (SSSR count). The van der Waals surface area contributed by atoms with Crippen molar-refractivity contribution in [3.05, 3.63) is 47.1 Å². The molecule has 1 aliphatic rings. The maximum atomic E-state index is 12.7. The van der Waals surface area contributed by atoms with E-state index in [-0.39, 0.29) is 11.8 Å². The van der Waals surface area contributed by atoms with Crippen molar-refractivity contribution in [1.29, 1.82) is 0 Å². The first-order chi connectivity index (χ1) is 13.5. The number of amides is 1. The first kappa shape index (κ1) is 18.7. The fraction of sp³-hybridized carbons (Fsp3) is 0.381. The van der Waals surface area contributed by atoms with Gasteiger partial charge in [0.15, 0.2) is 4.96 Å². The molecule has 0 spiro atoms. The minimum Gasteiger partial charge on any atom is -0.481 e. The third-order valence-corrected chi connectivity index (χ3v) is 6.36. The van der Waals surface area contributed by atoms with Crippen molar-refractivity contribution >= 4 is 28.2 Å². The lowest BCUT2D eigenvalue weighted by Gasteiger charge is -2.30. The first-order valence-corrected chi connectivity index (χ1v) is 10.5. The van der Waals surface area contributed by atoms with Crippen LogP contribution in [0.4, 0.5) is 0 Å². The molecular weight excluding hydrogens is 374 g/mol. The van der Waals surface area contributed by atoms with Crippen molar-refractivity contribution in [2.24, 2.45) is 5.92 Å². The third kappa shape index (κ3) is 3.67. The molecule has 1 aromatic carbocycles. The highest BCUT2D eigenvalue weighted by atomic mass is 32.1. The zero-order chi connectivity index (χ0) is 19.7. The molecule has 3 aromatic rings. The number of hydrogen-bond acceptors (Lipinski definition) is 4. The quantitative estimate of drug-likeness (QED) is 0.715. The molecule has 7 heteroatoms. The van der Waals surface area contributed by atoms with Gasteiger partial charge >= 0.3 is 5.97 Å². The number of benzene rings is 1. The summed E-state index contributed by atoms with van der Waals surface area (Å²) < 4.78 is 2.00. The summed E-state index contributed by atoms with van der Waals surface area (Å²) in [6.07, 6.45) is 4.37. The Balaban J connectivity index is 1.48. The Morgan fingerprint density at radius 1 is 1.21 bits per heavy atom. The monoisotopic (exact) mass is 397 g/mol. The number of nitrogens with zero attached hydrogens (tertiary/aromatic N) is 3. The molecule has 1 N–H and O–H groups in total. The number of aromatic nitrogens is 2. The number of carbonyl (C=O) groups excluding carboxylic acids is 1. The first-order valence-electron chi connectivity index (χ1n) is 9.60. The second-order valence-electron chi connectivity index (χ2n) is 7.23. The minimum absolute atomic E-state index is 0.0473. The molecule has 2 aromatic heterocycles. The summed E-state index contributed by atoms with van der Waals surface area (Å²) in [4.78, 5) is 31.1. The Kier molecular flexibility index (Phi) is 5.17. The summed E-state index contributed by atoms with van der Waals surface area (Å²) in [5.41, 5.74) is 4.20. The van der Waals surface area contributed by atoms with E-state index in [0.717, 1.165) is 28.3 Å². The lowest BCUT2D eigenvalue weighted by atomic mass is 9.97. The van der Waals surface area contributed by atoms with Gasteiger partial charge in [-0.15, -0.1) is 11.3 Å². The van der Waals surface area contributed by atoms with Gasteiger partial charge in [-0.25, -0.2) is 4.98 Å². The van der Waals surface area contributed by atoms with E-state index >= 15 is 0 Å². The summed E-state index contributed by atoms with van der Waals surface area (Å²) in [7, 11) is 0. The van der Waals surface area contributed by atoms with E-state index in [0.29, 0.717) is 32.4 Å². The number of hydrogen-bond donors (Lipinski definition) is 1. The number of imidazole rings is 1. The van der Waals surface area contributed by atoms with Crippen LogP contribution in [0.2, 0.25) is 0 Å². The number of likely N-dealkylation sites (tertiary alicyclic amines) is 1. The summed E-state index contributed by atoms with van der Waals surface area (Å²) >= 11 is 1.53. The van der Waals surface area contributed by atoms with E-state index in [2.05, 4.69) is 31.2 Å². The van der Waals surface area contributed by atoms with Gasteiger partial charge in [-0.3, -0.25) is 14.0 Å². The molecule has 0 atom stereocenters. The van der Waals surface area contributed by atoms with Gasteiger partial charge in [0.05, 0.1) is 18.0 Å². The molecule has 0 bridgehead atoms. The van der Waals surface area contributed by atoms with Crippen LogP contribution in [0.5, 0.6) is 0 Å². The minimum atomic E-state index is -0.760. The second kappa shape index (κ2) is 7.75. The highest BCUT2D eigenvalue weighted by Gasteiger charge is 2.27. The Bertz CT molecular complexity index is 998. The van der Waals surface area contributed by atoms with Crippen molar-refractivity contribution in [3.63, 3.8) is 0 Å². The van der Waals surface area contributed by atoms with Gasteiger partial charge in [-0.1, -0.05) is 31.2 Å². The van der Waals surface area contributed by atoms with Crippen LogP contribution in [0.15, 0.2) is 35.8 Å². The number of aliphatic carboxylic acids is 1. The second-order valence-corrected chi connectivity index (χ2v) is 8.06. The fourth-order valence-corrected chi connectivity index (χ4v) is 4.52. The van der Waals surface area contributed by atoms with Crippen LogP contribution < -0.4 is 0 Å². The summed E-state index contributed by atoms with van der Waals surface area (Å²) in [6, 6.07) is 8.41. The molecule has 0 radical (unpaired) electrons. The van der Waals surface area contributed by atoms with Gasteiger partial charge in [0.25, 0.3) is 0 Å². The van der Waals surface area contributed by atoms with Crippen LogP contribution in [0.3, 0.4) is 0 Å². The van der Waals surface area contributed by atoms with E-state index in [1.54, 1.807) is 4.90 Å². The van der Waals surface area contributed by atoms with Crippen molar-refractivity contribution in [3.8, 4) is 11.3 Å². The number of rotatable bonds is 5. The van der Waals surface area contributed by atoms with Crippen LogP contribution >= 0.6 is 11.3 Å². The standard InChI is InChI=1S/C21H23N3O3S/c1-2-14-3-5-15(6-4-14)18-12-24-17(13-28-21(24)22-18)11-19(25)23-9-7-16(8-10-23)20(26)27/h3-6,12-13,16H,2,7-11H2,1H3,(H,26,27). The van der Waals surface area contributed by atoms with Crippen LogP contribution in [-0.4, -0.2) is 44.4 Å². The zero-order valence-electron chi connectivity index (χ0n) is 15.8. The van der Waals surface area contributed by atoms with Crippen molar-refractivity contribution in [2.45, 2.75) is 32.6 Å². The molecule has 1 saturated heterocycles. The lowest BCUT2D eigenvalue weighted by molar-refractivity contribution is -0.145. The number of carboxylic acid groups (broad SMARTS) is 1. The SMILES string of the molecule is CCc1ccc(-c2cn3c(CC(=O)N4CCC(C(=O)O)CC4)csc3n2)cc1. The highest BCUT2D eigenvalue weighted by molar-refractivity contribution is 7.15. The summed E-state index contributed by atoms with van der Waals surface area (Å²) in [6.45, 7) is 3.17. The van der Waals surface area contributed by atoms with Crippen molar-refractivity contribution < 1.29 is 14.7 Å². The van der Waals surface area contributed by atoms with Crippen molar-refractivity contribution in [2.75, 3.05) is 13.1 Å². The van der Waals surface area contributed by atoms with Crippen LogP contribution in [0.1, 0.15) is 31.0 Å². The zero-order valence-corrected chi connectivity index (χ0v) is 16.6. The van der Waals surface area contributed by atoms with E-state index in [1.807, 2.05) is 16.0 Å². The third-order valence-electron chi connectivity index (χ3n) is 5.47. The maximum Gasteiger partial charge on any atom is 0.306 e. The maximum absolute atomic E-state index is 12.7. The van der Waals surface area contributed by atoms with Crippen LogP contribution in [0, 0.1) is 5.92 Å². The number of thiazole rings is 1. The molecule has 1 aliphatic heterocycles. The molecule has 1 amide bonds. The van der Waals surface area contributed by atoms with Gasteiger partial charge in [0.2, 0.25) is 5.91 Å². The summed E-state index contributed by atoms with van der Waals surface area (Å²) in [5, 5.41) is 11.1. The number of fused-ring (bicyclic) bond motifs is 1. The molecule has 6 nitrogen and oxygen atoms in total. The molecule has 0 aliphatic carbocycles. The average molecular weight is 398 g/mol. The predicted molar refractivity (Wildman–Crippen MR) is 109 cm³/mol. The van der Waals surface area contributed by atoms with Crippen molar-refractivity contribution in [1.82, 2.24) is 14.3 Å². The molecular formula is C21H23N3O3S. The Hall–Kier alpha value is -2.67. The van der Waals surface area contributed by atoms with E-state index in [1.165, 1.54) is 16.9 Å². The Morgan fingerprint density at radius 2 is 1.93 bits per heavy atom. The van der Waals surface area contributed by atoms with Gasteiger partial charge in [-0.2, -0.15) is 0 Å². The predicted octanol–water partition coefficient (Wildman–Crippen LogP) is 3.49. The molecule has 0 unspecified atom stereocenters. The van der Waals surface area contributed by atoms with Gasteiger partial charge in [-0.05, 0) is 24.8 Å². The van der Waals surface area contributed by atoms with Crippen LogP contribution in [-0.2, 0) is 22.4 Å². The largest absolute Gasteiger partial charge is 0.481 e. The fourth-order valence-electron chi connectivity index (χ4n) is 3.65. The van der Waals surface area contributed by atoms with E-state index < -0.39 is 5.97 Å². The Morgan fingerprint density at radius 3 is 2.57 bits per heavy atom. The molecule has 1 fully saturated rings. The molecule has 28 heavy (non-hydrogen) atoms. The lowest BCUT2D eigenvalue weighted by Crippen LogP contribution is -2.41. The number of aryl methyl sites for hydroxylation is 1. The van der Waals surface area contributed by atoms with E-state index in [4.69, 9.17) is 10.1 Å². The molecule has 0 saturated carbocycles. The molecule has 146 valence electrons.